The maximum absolute atomic E-state index is 13.4. The Balaban J connectivity index is 1.96. The van der Waals surface area contributed by atoms with Gasteiger partial charge in [0.2, 0.25) is 17.7 Å². The molecule has 0 aliphatic heterocycles. The molecule has 17 nitrogen and oxygen atoms in total. The number of amides is 6. The first kappa shape index (κ1) is 44.5. The Morgan fingerprint density at radius 1 is 0.778 bits per heavy atom. The maximum atomic E-state index is 13.4. The van der Waals surface area contributed by atoms with Crippen LogP contribution in [0, 0.1) is 11.3 Å². The number of anilines is 2. The SMILES string of the molecule is CC(C)[C@H](NC(=O)[C@@H](N)CCC(=O)O)C(=O)N[C@@H](CCCNC(N)=O)C(=O)Nc1ccc(COC(=O)Nc2ccc(CCCC(C)(C)C(=O)O)cc2)cc1. The Hall–Kier alpha value is -5.71. The fourth-order valence-electron chi connectivity index (χ4n) is 5.07. The third kappa shape index (κ3) is 16.3. The molecule has 6 amide bonds. The van der Waals surface area contributed by atoms with Crippen LogP contribution in [0.25, 0.3) is 0 Å². The smallest absolute Gasteiger partial charge is 0.411 e. The number of carboxylic acids is 2. The first-order valence-electron chi connectivity index (χ1n) is 17.6. The zero-order valence-corrected chi connectivity index (χ0v) is 31.1. The minimum Gasteiger partial charge on any atom is -0.481 e. The van der Waals surface area contributed by atoms with E-state index < -0.39 is 71.2 Å². The number of benzene rings is 2. The number of primary amides is 1. The average molecular weight is 756 g/mol. The fraction of sp³-hybridized carbons (Fsp3) is 0.486. The Bertz CT molecular complexity index is 1600. The Morgan fingerprint density at radius 3 is 1.93 bits per heavy atom. The molecule has 0 saturated heterocycles. The van der Waals surface area contributed by atoms with Crippen molar-refractivity contribution in [1.82, 2.24) is 16.0 Å². The van der Waals surface area contributed by atoms with E-state index in [2.05, 4.69) is 26.6 Å². The third-order valence-electron chi connectivity index (χ3n) is 8.49. The monoisotopic (exact) mass is 755 g/mol. The van der Waals surface area contributed by atoms with Gasteiger partial charge in [-0.1, -0.05) is 38.1 Å². The molecule has 0 spiro atoms. The quantitative estimate of drug-likeness (QED) is 0.0788. The van der Waals surface area contributed by atoms with Crippen LogP contribution in [-0.4, -0.2) is 76.7 Å². The molecular weight excluding hydrogens is 702 g/mol. The summed E-state index contributed by atoms with van der Waals surface area (Å²) in [5, 5.41) is 31.2. The van der Waals surface area contributed by atoms with Gasteiger partial charge in [-0.05, 0) is 93.7 Å². The van der Waals surface area contributed by atoms with Gasteiger partial charge < -0.3 is 47.7 Å². The van der Waals surface area contributed by atoms with Crippen molar-refractivity contribution in [2.24, 2.45) is 22.8 Å². The first-order chi connectivity index (χ1) is 25.4. The van der Waals surface area contributed by atoms with Gasteiger partial charge in [0.1, 0.15) is 18.7 Å². The Morgan fingerprint density at radius 2 is 1.37 bits per heavy atom. The van der Waals surface area contributed by atoms with Crippen LogP contribution in [0.1, 0.15) is 77.3 Å². The van der Waals surface area contributed by atoms with E-state index in [9.17, 15) is 38.7 Å². The molecule has 0 saturated carbocycles. The number of ether oxygens (including phenoxy) is 1. The number of urea groups is 1. The molecule has 0 aromatic heterocycles. The number of hydrogen-bond acceptors (Lipinski definition) is 9. The topological polar surface area (TPSA) is 281 Å². The number of carboxylic acid groups (broad SMARTS) is 2. The number of aryl methyl sites for hydroxylation is 1. The third-order valence-corrected chi connectivity index (χ3v) is 8.49. The number of rotatable bonds is 22. The lowest BCUT2D eigenvalue weighted by atomic mass is 9.87. The largest absolute Gasteiger partial charge is 0.481 e. The second-order valence-electron chi connectivity index (χ2n) is 13.9. The van der Waals surface area contributed by atoms with Crippen LogP contribution in [0.15, 0.2) is 48.5 Å². The highest BCUT2D eigenvalue weighted by atomic mass is 16.5. The van der Waals surface area contributed by atoms with Gasteiger partial charge in [-0.2, -0.15) is 0 Å². The molecule has 3 atom stereocenters. The fourth-order valence-corrected chi connectivity index (χ4v) is 5.07. The molecule has 0 unspecified atom stereocenters. The molecule has 0 aliphatic rings. The van der Waals surface area contributed by atoms with Gasteiger partial charge in [0, 0.05) is 24.3 Å². The van der Waals surface area contributed by atoms with Crippen molar-refractivity contribution in [3.8, 4) is 0 Å². The summed E-state index contributed by atoms with van der Waals surface area (Å²) < 4.78 is 5.33. The molecule has 2 rings (SSSR count). The van der Waals surface area contributed by atoms with Crippen molar-refractivity contribution in [3.63, 3.8) is 0 Å². The lowest BCUT2D eigenvalue weighted by molar-refractivity contribution is -0.147. The molecule has 0 aliphatic carbocycles. The molecular formula is C37H53N7O10. The van der Waals surface area contributed by atoms with E-state index in [0.717, 1.165) is 5.56 Å². The van der Waals surface area contributed by atoms with Gasteiger partial charge >= 0.3 is 24.1 Å². The van der Waals surface area contributed by atoms with E-state index in [1.807, 2.05) is 12.1 Å². The van der Waals surface area contributed by atoms with Crippen LogP contribution in [0.2, 0.25) is 0 Å². The van der Waals surface area contributed by atoms with Crippen LogP contribution < -0.4 is 38.1 Å². The summed E-state index contributed by atoms with van der Waals surface area (Å²) in [5.41, 5.74) is 12.7. The Labute approximate surface area is 314 Å². The number of hydrogen-bond donors (Lipinski definition) is 9. The predicted octanol–water partition coefficient (Wildman–Crippen LogP) is 3.07. The van der Waals surface area contributed by atoms with Crippen LogP contribution in [0.5, 0.6) is 0 Å². The van der Waals surface area contributed by atoms with Crippen molar-refractivity contribution in [2.75, 3.05) is 17.2 Å². The summed E-state index contributed by atoms with van der Waals surface area (Å²) in [6, 6.07) is 9.58. The molecule has 2 aromatic carbocycles. The number of nitrogens with two attached hydrogens (primary N) is 2. The lowest BCUT2D eigenvalue weighted by Crippen LogP contribution is -2.56. The summed E-state index contributed by atoms with van der Waals surface area (Å²) in [6.45, 7) is 6.83. The number of aliphatic carboxylic acids is 2. The van der Waals surface area contributed by atoms with E-state index in [0.29, 0.717) is 36.2 Å². The van der Waals surface area contributed by atoms with Crippen LogP contribution >= 0.6 is 0 Å². The first-order valence-corrected chi connectivity index (χ1v) is 17.6. The van der Waals surface area contributed by atoms with Crippen molar-refractivity contribution in [1.29, 1.82) is 0 Å². The summed E-state index contributed by atoms with van der Waals surface area (Å²) in [6.07, 6.45) is 1.19. The van der Waals surface area contributed by atoms with E-state index >= 15 is 0 Å². The van der Waals surface area contributed by atoms with Gasteiger partial charge in [-0.25, -0.2) is 9.59 Å². The minimum absolute atomic E-state index is 0.0642. The van der Waals surface area contributed by atoms with Crippen molar-refractivity contribution < 1.29 is 48.5 Å². The van der Waals surface area contributed by atoms with Gasteiger partial charge in [0.05, 0.1) is 11.5 Å². The van der Waals surface area contributed by atoms with E-state index in [1.54, 1.807) is 64.1 Å². The van der Waals surface area contributed by atoms with Gasteiger partial charge in [0.25, 0.3) is 0 Å². The maximum Gasteiger partial charge on any atom is 0.411 e. The van der Waals surface area contributed by atoms with Crippen LogP contribution in [0.3, 0.4) is 0 Å². The van der Waals surface area contributed by atoms with Gasteiger partial charge in [-0.15, -0.1) is 0 Å². The van der Waals surface area contributed by atoms with E-state index in [1.165, 1.54) is 0 Å². The summed E-state index contributed by atoms with van der Waals surface area (Å²) >= 11 is 0. The highest BCUT2D eigenvalue weighted by molar-refractivity contribution is 5.98. The second kappa shape index (κ2) is 21.7. The second-order valence-corrected chi connectivity index (χ2v) is 13.9. The van der Waals surface area contributed by atoms with Crippen LogP contribution in [0.4, 0.5) is 21.0 Å². The van der Waals surface area contributed by atoms with E-state index in [-0.39, 0.29) is 38.8 Å². The number of carbonyl (C=O) groups excluding carboxylic acids is 5. The minimum atomic E-state index is -1.15. The summed E-state index contributed by atoms with van der Waals surface area (Å²) in [5.74, 6) is -4.31. The predicted molar refractivity (Wildman–Crippen MR) is 200 cm³/mol. The highest BCUT2D eigenvalue weighted by Crippen LogP contribution is 2.24. The van der Waals surface area contributed by atoms with E-state index in [4.69, 9.17) is 21.3 Å². The average Bonchev–Trinajstić information content (AvgIpc) is 3.10. The molecule has 11 N–H and O–H groups in total. The molecule has 2 aromatic rings. The number of nitrogens with one attached hydrogen (secondary N) is 5. The molecule has 0 fully saturated rings. The molecule has 17 heteroatoms. The standard InChI is InChI=1S/C37H53N7O10/c1-22(2)30(44-31(47)27(38)17-18-29(45)46)33(49)43-28(8-6-20-40-35(39)52)32(48)41-25-15-11-24(12-16-25)21-54-36(53)42-26-13-9-23(10-14-26)7-5-19-37(3,4)34(50)51/h9-16,22,27-28,30H,5-8,17-21,38H2,1-4H3,(H,41,48)(H,42,53)(H,43,49)(H,44,47)(H,45,46)(H,50,51)(H3,39,40,52)/t27-,28-,30-/m0/s1. The van der Waals surface area contributed by atoms with Gasteiger partial charge in [0.15, 0.2) is 0 Å². The Kier molecular flexibility index (Phi) is 17.9. The van der Waals surface area contributed by atoms with Crippen molar-refractivity contribution in [3.05, 3.63) is 59.7 Å². The number of carbonyl (C=O) groups is 7. The van der Waals surface area contributed by atoms with Crippen LogP contribution in [-0.2, 0) is 41.7 Å². The normalized spacial score (nSPS) is 12.8. The summed E-state index contributed by atoms with van der Waals surface area (Å²) in [7, 11) is 0. The molecule has 0 bridgehead atoms. The molecule has 0 heterocycles. The zero-order chi connectivity index (χ0) is 40.4. The van der Waals surface area contributed by atoms with Crippen molar-refractivity contribution in [2.45, 2.75) is 97.4 Å². The summed E-state index contributed by atoms with van der Waals surface area (Å²) in [4.78, 5) is 84.9. The highest BCUT2D eigenvalue weighted by Gasteiger charge is 2.30. The van der Waals surface area contributed by atoms with Gasteiger partial charge in [-0.3, -0.25) is 29.3 Å². The van der Waals surface area contributed by atoms with Crippen molar-refractivity contribution >= 4 is 53.2 Å². The molecule has 54 heavy (non-hydrogen) atoms. The zero-order valence-electron chi connectivity index (χ0n) is 31.1. The lowest BCUT2D eigenvalue weighted by Gasteiger charge is -2.26. The molecule has 296 valence electrons. The molecule has 0 radical (unpaired) electrons.